The molecule has 12 atom stereocenters. The molecule has 2 aliphatic rings. The van der Waals surface area contributed by atoms with E-state index < -0.39 is 86.8 Å². The first-order chi connectivity index (χ1) is 29.1. The molecule has 0 aromatic rings. The monoisotopic (exact) mass is 862 g/mol. The van der Waals surface area contributed by atoms with Crippen molar-refractivity contribution in [3.05, 3.63) is 12.2 Å². The molecule has 0 spiro atoms. The van der Waals surface area contributed by atoms with Gasteiger partial charge in [-0.3, -0.25) is 4.79 Å². The molecule has 60 heavy (non-hydrogen) atoms. The van der Waals surface area contributed by atoms with E-state index >= 15 is 0 Å². The van der Waals surface area contributed by atoms with E-state index in [2.05, 4.69) is 12.2 Å². The van der Waals surface area contributed by atoms with Crippen LogP contribution in [0.5, 0.6) is 0 Å². The van der Waals surface area contributed by atoms with Gasteiger partial charge in [-0.2, -0.15) is 0 Å². The molecule has 0 aromatic heterocycles. The van der Waals surface area contributed by atoms with Gasteiger partial charge in [0.15, 0.2) is 12.6 Å². The maximum atomic E-state index is 13.0. The third kappa shape index (κ3) is 21.9. The van der Waals surface area contributed by atoms with Crippen molar-refractivity contribution in [2.75, 3.05) is 19.8 Å². The van der Waals surface area contributed by atoms with Gasteiger partial charge >= 0.3 is 0 Å². The number of aliphatic hydroxyl groups is 8. The molecule has 2 heterocycles. The van der Waals surface area contributed by atoms with Crippen molar-refractivity contribution in [1.29, 1.82) is 0 Å². The number of hydrogen-bond donors (Lipinski definition) is 9. The van der Waals surface area contributed by atoms with Crippen LogP contribution in [0, 0.1) is 0 Å². The van der Waals surface area contributed by atoms with Gasteiger partial charge in [-0.05, 0) is 12.8 Å². The molecule has 0 radical (unpaired) electrons. The zero-order valence-electron chi connectivity index (χ0n) is 37.2. The molecule has 2 fully saturated rings. The summed E-state index contributed by atoms with van der Waals surface area (Å²) >= 11 is 0. The Hall–Kier alpha value is -1.27. The Bertz CT molecular complexity index is 1070. The number of unbranched alkanes of at least 4 members (excludes halogenated alkanes) is 23. The van der Waals surface area contributed by atoms with E-state index in [0.717, 1.165) is 32.1 Å². The topological polar surface area (TPSA) is 228 Å². The highest BCUT2D eigenvalue weighted by atomic mass is 16.7. The Labute approximate surface area is 361 Å². The molecule has 0 saturated carbocycles. The van der Waals surface area contributed by atoms with Gasteiger partial charge in [0.2, 0.25) is 5.91 Å². The minimum atomic E-state index is -1.78. The Morgan fingerprint density at radius 3 is 1.50 bits per heavy atom. The summed E-state index contributed by atoms with van der Waals surface area (Å²) in [5.41, 5.74) is 0. The molecule has 0 bridgehead atoms. The van der Waals surface area contributed by atoms with Crippen LogP contribution in [0.4, 0.5) is 0 Å². The van der Waals surface area contributed by atoms with Crippen molar-refractivity contribution in [1.82, 2.24) is 5.32 Å². The third-order valence-electron chi connectivity index (χ3n) is 12.0. The first-order valence-electron chi connectivity index (χ1n) is 23.9. The third-order valence-corrected chi connectivity index (χ3v) is 12.0. The fraction of sp³-hybridized carbons (Fsp3) is 0.935. The van der Waals surface area contributed by atoms with Crippen molar-refractivity contribution >= 4 is 5.91 Å². The standard InChI is InChI=1S/C46H87NO13/c1-3-5-7-8-9-10-11-12-13-14-15-16-17-18-19-20-21-22-23-24-25-26-28-30-38(51)47-34(35(50)29-27-6-4-2)33-57-45-43(56)41(54)44(37(32-49)59-45)60-46-42(55)40(53)39(52)36(31-48)58-46/h27,29,34-37,39-46,48-50,52-56H,3-26,28,30-33H2,1-2H3,(H,47,51)/b29-27+. The van der Waals surface area contributed by atoms with Crippen molar-refractivity contribution in [3.63, 3.8) is 0 Å². The summed E-state index contributed by atoms with van der Waals surface area (Å²) in [6.45, 7) is 2.56. The molecule has 2 saturated heterocycles. The van der Waals surface area contributed by atoms with Gasteiger partial charge in [-0.15, -0.1) is 0 Å². The minimum Gasteiger partial charge on any atom is -0.394 e. The molecule has 12 unspecified atom stereocenters. The lowest BCUT2D eigenvalue weighted by atomic mass is 9.97. The number of carbonyl (C=O) groups is 1. The van der Waals surface area contributed by atoms with E-state index in [1.807, 2.05) is 13.0 Å². The maximum Gasteiger partial charge on any atom is 0.220 e. The average molecular weight is 862 g/mol. The van der Waals surface area contributed by atoms with Crippen molar-refractivity contribution < 1.29 is 64.6 Å². The number of ether oxygens (including phenoxy) is 4. The van der Waals surface area contributed by atoms with Crippen LogP contribution in [0.25, 0.3) is 0 Å². The van der Waals surface area contributed by atoms with Crippen LogP contribution in [-0.2, 0) is 23.7 Å². The van der Waals surface area contributed by atoms with Crippen LogP contribution >= 0.6 is 0 Å². The van der Waals surface area contributed by atoms with Crippen LogP contribution in [0.3, 0.4) is 0 Å². The summed E-state index contributed by atoms with van der Waals surface area (Å²) in [5, 5.41) is 85.7. The number of amides is 1. The lowest BCUT2D eigenvalue weighted by molar-refractivity contribution is -0.359. The molecule has 14 heteroatoms. The van der Waals surface area contributed by atoms with E-state index in [1.165, 1.54) is 122 Å². The van der Waals surface area contributed by atoms with Crippen molar-refractivity contribution in [2.45, 2.75) is 254 Å². The molecule has 2 aliphatic heterocycles. The number of rotatable bonds is 36. The van der Waals surface area contributed by atoms with Crippen LogP contribution in [0.1, 0.15) is 181 Å². The molecule has 2 rings (SSSR count). The lowest BCUT2D eigenvalue weighted by Gasteiger charge is -2.46. The second-order valence-electron chi connectivity index (χ2n) is 17.2. The van der Waals surface area contributed by atoms with Gasteiger partial charge < -0.3 is 65.1 Å². The van der Waals surface area contributed by atoms with Gasteiger partial charge in [-0.25, -0.2) is 0 Å². The van der Waals surface area contributed by atoms with Crippen LogP contribution in [-0.4, -0.2) is 140 Å². The maximum absolute atomic E-state index is 13.0. The Kier molecular flexibility index (Phi) is 31.3. The predicted molar refractivity (Wildman–Crippen MR) is 231 cm³/mol. The average Bonchev–Trinajstić information content (AvgIpc) is 3.24. The summed E-state index contributed by atoms with van der Waals surface area (Å²) in [4.78, 5) is 13.0. The van der Waals surface area contributed by atoms with Gasteiger partial charge in [0.25, 0.3) is 0 Å². The molecule has 14 nitrogen and oxygen atoms in total. The predicted octanol–water partition coefficient (Wildman–Crippen LogP) is 5.21. The normalized spacial score (nSPS) is 28.3. The number of allylic oxidation sites excluding steroid dienone is 1. The first-order valence-corrected chi connectivity index (χ1v) is 23.9. The molecule has 1 amide bonds. The molecule has 0 aliphatic carbocycles. The van der Waals surface area contributed by atoms with E-state index in [-0.39, 0.29) is 18.9 Å². The summed E-state index contributed by atoms with van der Waals surface area (Å²) in [6, 6.07) is -0.904. The van der Waals surface area contributed by atoms with Crippen molar-refractivity contribution in [2.24, 2.45) is 0 Å². The molecule has 0 aromatic carbocycles. The Balaban J connectivity index is 1.63. The summed E-state index contributed by atoms with van der Waals surface area (Å²) < 4.78 is 22.4. The number of aliphatic hydroxyl groups excluding tert-OH is 8. The van der Waals surface area contributed by atoms with Crippen LogP contribution in [0.2, 0.25) is 0 Å². The van der Waals surface area contributed by atoms with Gasteiger partial charge in [0, 0.05) is 6.42 Å². The Morgan fingerprint density at radius 1 is 0.583 bits per heavy atom. The zero-order chi connectivity index (χ0) is 44.0. The number of carbonyl (C=O) groups excluding carboxylic acids is 1. The highest BCUT2D eigenvalue weighted by Gasteiger charge is 2.51. The van der Waals surface area contributed by atoms with Crippen molar-refractivity contribution in [3.8, 4) is 0 Å². The smallest absolute Gasteiger partial charge is 0.220 e. The van der Waals surface area contributed by atoms with Crippen LogP contribution in [0.15, 0.2) is 12.2 Å². The molecular formula is C46H87NO13. The zero-order valence-corrected chi connectivity index (χ0v) is 37.2. The van der Waals surface area contributed by atoms with E-state index in [0.29, 0.717) is 6.42 Å². The SMILES string of the molecule is CCC/C=C/C(O)C(COC1OC(CO)C(OC2OC(CO)C(O)C(O)C2O)C(O)C1O)NC(=O)CCCCCCCCCCCCCCCCCCCCCCCCC. The molecule has 9 N–H and O–H groups in total. The molecular weight excluding hydrogens is 774 g/mol. The van der Waals surface area contributed by atoms with Gasteiger partial charge in [0.05, 0.1) is 32.0 Å². The fourth-order valence-electron chi connectivity index (χ4n) is 8.00. The van der Waals surface area contributed by atoms with Gasteiger partial charge in [-0.1, -0.05) is 174 Å². The number of hydrogen-bond acceptors (Lipinski definition) is 13. The highest BCUT2D eigenvalue weighted by molar-refractivity contribution is 5.76. The quantitative estimate of drug-likeness (QED) is 0.0292. The largest absolute Gasteiger partial charge is 0.394 e. The summed E-state index contributed by atoms with van der Waals surface area (Å²) in [6.07, 6.45) is 18.1. The second-order valence-corrected chi connectivity index (χ2v) is 17.2. The minimum absolute atomic E-state index is 0.249. The highest BCUT2D eigenvalue weighted by Crippen LogP contribution is 2.30. The summed E-state index contributed by atoms with van der Waals surface area (Å²) in [5.74, 6) is -0.249. The van der Waals surface area contributed by atoms with E-state index in [4.69, 9.17) is 18.9 Å². The van der Waals surface area contributed by atoms with Gasteiger partial charge in [0.1, 0.15) is 48.8 Å². The Morgan fingerprint density at radius 2 is 1.03 bits per heavy atom. The summed E-state index contributed by atoms with van der Waals surface area (Å²) in [7, 11) is 0. The first kappa shape index (κ1) is 54.9. The van der Waals surface area contributed by atoms with Crippen LogP contribution < -0.4 is 5.32 Å². The fourth-order valence-corrected chi connectivity index (χ4v) is 8.00. The number of nitrogens with one attached hydrogen (secondary N) is 1. The van der Waals surface area contributed by atoms with E-state index in [9.17, 15) is 45.6 Å². The lowest BCUT2D eigenvalue weighted by Crippen LogP contribution is -2.65. The second kappa shape index (κ2) is 34.2. The molecule has 354 valence electrons. The van der Waals surface area contributed by atoms with E-state index in [1.54, 1.807) is 6.08 Å².